The molecule has 5 heteroatoms. The van der Waals surface area contributed by atoms with Crippen molar-refractivity contribution >= 4 is 11.8 Å². The Morgan fingerprint density at radius 1 is 1.42 bits per heavy atom. The predicted molar refractivity (Wildman–Crippen MR) is 39.3 cm³/mol. The maximum absolute atomic E-state index is 10.4. The zero-order valence-corrected chi connectivity index (χ0v) is 7.07. The molecule has 0 fully saturated rings. The summed E-state index contributed by atoms with van der Waals surface area (Å²) in [7, 11) is 0. The van der Waals surface area contributed by atoms with Crippen LogP contribution >= 0.6 is 0 Å². The number of esters is 1. The minimum atomic E-state index is -1.04. The van der Waals surface area contributed by atoms with Gasteiger partial charge in [-0.1, -0.05) is 0 Å². The van der Waals surface area contributed by atoms with Crippen LogP contribution in [-0.2, 0) is 19.1 Å². The van der Waals surface area contributed by atoms with Crippen LogP contribution in [-0.4, -0.2) is 36.4 Å². The molecule has 0 aliphatic heterocycles. The van der Waals surface area contributed by atoms with Crippen LogP contribution in [0.3, 0.4) is 0 Å². The van der Waals surface area contributed by atoms with E-state index in [-0.39, 0.29) is 12.4 Å². The molecule has 0 saturated carbocycles. The predicted octanol–water partition coefficient (Wildman–Crippen LogP) is -0.527. The van der Waals surface area contributed by atoms with Gasteiger partial charge in [0.25, 0.3) is 0 Å². The van der Waals surface area contributed by atoms with Gasteiger partial charge in [0.05, 0.1) is 0 Å². The second-order valence-corrected chi connectivity index (χ2v) is 2.23. The van der Waals surface area contributed by atoms with E-state index < -0.39 is 18.9 Å². The van der Waals surface area contributed by atoms with Gasteiger partial charge >= 0.3 is 5.97 Å². The summed E-state index contributed by atoms with van der Waals surface area (Å²) in [5.41, 5.74) is 0. The molecule has 12 heavy (non-hydrogen) atoms. The topological polar surface area (TPSA) is 72.8 Å². The van der Waals surface area contributed by atoms with Gasteiger partial charge < -0.3 is 14.6 Å². The number of ether oxygens (including phenoxy) is 2. The fourth-order valence-electron chi connectivity index (χ4n) is 0.519. The highest BCUT2D eigenvalue weighted by molar-refractivity contribution is 5.76. The number of carbonyl (C=O) groups is 2. The number of hydrogen-bond donors (Lipinski definition) is 1. The first-order valence-electron chi connectivity index (χ1n) is 3.45. The fourth-order valence-corrected chi connectivity index (χ4v) is 0.519. The van der Waals surface area contributed by atoms with Crippen molar-refractivity contribution < 1.29 is 24.2 Å². The van der Waals surface area contributed by atoms with Crippen LogP contribution in [0.5, 0.6) is 0 Å². The second-order valence-electron chi connectivity index (χ2n) is 2.23. The molecular formula is C7H12O5. The highest BCUT2D eigenvalue weighted by Gasteiger charge is 2.10. The molecule has 0 amide bonds. The van der Waals surface area contributed by atoms with Crippen molar-refractivity contribution in [3.8, 4) is 0 Å². The average Bonchev–Trinajstić information content (AvgIpc) is 1.97. The van der Waals surface area contributed by atoms with E-state index in [1.807, 2.05) is 0 Å². The molecule has 0 bridgehead atoms. The summed E-state index contributed by atoms with van der Waals surface area (Å²) < 4.78 is 9.21. The van der Waals surface area contributed by atoms with Crippen LogP contribution < -0.4 is 0 Å². The van der Waals surface area contributed by atoms with Crippen molar-refractivity contribution in [1.29, 1.82) is 0 Å². The van der Waals surface area contributed by atoms with Crippen LogP contribution in [0.15, 0.2) is 0 Å². The molecule has 0 rings (SSSR count). The Morgan fingerprint density at radius 2 is 2.00 bits per heavy atom. The summed E-state index contributed by atoms with van der Waals surface area (Å²) in [6.07, 6.45) is -1.04. The highest BCUT2D eigenvalue weighted by atomic mass is 16.7. The van der Waals surface area contributed by atoms with Crippen molar-refractivity contribution in [2.45, 2.75) is 20.1 Å². The van der Waals surface area contributed by atoms with Crippen molar-refractivity contribution in [3.05, 3.63) is 0 Å². The number of ketones is 1. The maximum Gasteiger partial charge on any atom is 0.305 e. The normalized spacial score (nSPS) is 12.2. The summed E-state index contributed by atoms with van der Waals surface area (Å²) in [5, 5.41) is 8.57. The Balaban J connectivity index is 3.67. The molecule has 70 valence electrons. The van der Waals surface area contributed by atoms with E-state index in [0.29, 0.717) is 0 Å². The molecule has 0 radical (unpaired) electrons. The number of carbonyl (C=O) groups excluding carboxylic acids is 2. The van der Waals surface area contributed by atoms with Gasteiger partial charge in [0.1, 0.15) is 13.2 Å². The van der Waals surface area contributed by atoms with Crippen molar-refractivity contribution in [2.75, 3.05) is 13.2 Å². The monoisotopic (exact) mass is 176 g/mol. The van der Waals surface area contributed by atoms with Crippen LogP contribution in [0.4, 0.5) is 0 Å². The first-order valence-corrected chi connectivity index (χ1v) is 3.45. The first-order chi connectivity index (χ1) is 5.56. The van der Waals surface area contributed by atoms with Crippen LogP contribution in [0, 0.1) is 0 Å². The average molecular weight is 176 g/mol. The van der Waals surface area contributed by atoms with E-state index in [4.69, 9.17) is 9.84 Å². The van der Waals surface area contributed by atoms with Crippen LogP contribution in [0.2, 0.25) is 0 Å². The number of Topliss-reactive ketones (excluding diaryl/α,β-unsaturated/α-hetero) is 1. The third-order valence-electron chi connectivity index (χ3n) is 0.919. The van der Waals surface area contributed by atoms with Crippen molar-refractivity contribution in [2.24, 2.45) is 0 Å². The van der Waals surface area contributed by atoms with Gasteiger partial charge in [-0.25, -0.2) is 0 Å². The Bertz CT molecular complexity index is 165. The highest BCUT2D eigenvalue weighted by Crippen LogP contribution is 1.94. The first kappa shape index (κ1) is 11.1. The molecule has 5 nitrogen and oxygen atoms in total. The summed E-state index contributed by atoms with van der Waals surface area (Å²) in [4.78, 5) is 20.8. The summed E-state index contributed by atoms with van der Waals surface area (Å²) in [5.74, 6) is -0.752. The van der Waals surface area contributed by atoms with E-state index in [1.165, 1.54) is 13.8 Å². The van der Waals surface area contributed by atoms with Crippen LogP contribution in [0.25, 0.3) is 0 Å². The lowest BCUT2D eigenvalue weighted by atomic mass is 10.5. The van der Waals surface area contributed by atoms with Gasteiger partial charge in [0, 0.05) is 6.92 Å². The lowest BCUT2D eigenvalue weighted by Crippen LogP contribution is -2.26. The molecule has 0 aromatic rings. The smallest absolute Gasteiger partial charge is 0.305 e. The van der Waals surface area contributed by atoms with Gasteiger partial charge in [0.2, 0.25) is 6.29 Å². The molecule has 0 heterocycles. The third kappa shape index (κ3) is 5.82. The lowest BCUT2D eigenvalue weighted by Gasteiger charge is -2.13. The van der Waals surface area contributed by atoms with E-state index in [2.05, 4.69) is 4.74 Å². The van der Waals surface area contributed by atoms with E-state index in [0.717, 1.165) is 0 Å². The van der Waals surface area contributed by atoms with Gasteiger partial charge in [-0.15, -0.1) is 0 Å². The van der Waals surface area contributed by atoms with Gasteiger partial charge in [0.15, 0.2) is 5.78 Å². The van der Waals surface area contributed by atoms with Crippen molar-refractivity contribution in [3.63, 3.8) is 0 Å². The quantitative estimate of drug-likeness (QED) is 0.450. The Morgan fingerprint density at radius 3 is 2.33 bits per heavy atom. The number of aliphatic hydroxyl groups excluding tert-OH is 1. The van der Waals surface area contributed by atoms with Crippen molar-refractivity contribution in [1.82, 2.24) is 0 Å². The molecule has 1 unspecified atom stereocenters. The lowest BCUT2D eigenvalue weighted by molar-refractivity contribution is -0.185. The molecule has 0 spiro atoms. The Labute approximate surface area is 70.3 Å². The van der Waals surface area contributed by atoms with Gasteiger partial charge in [-0.2, -0.15) is 0 Å². The summed E-state index contributed by atoms with van der Waals surface area (Å²) in [6.45, 7) is 1.91. The number of rotatable bonds is 5. The molecule has 0 aliphatic carbocycles. The maximum atomic E-state index is 10.4. The third-order valence-corrected chi connectivity index (χ3v) is 0.919. The van der Waals surface area contributed by atoms with Crippen LogP contribution in [0.1, 0.15) is 13.8 Å². The zero-order chi connectivity index (χ0) is 9.56. The SMILES string of the molecule is CC(=O)COC(CO)OC(C)=O. The van der Waals surface area contributed by atoms with E-state index in [9.17, 15) is 9.59 Å². The minimum absolute atomic E-state index is 0.168. The molecule has 1 N–H and O–H groups in total. The fraction of sp³-hybridized carbons (Fsp3) is 0.714. The van der Waals surface area contributed by atoms with E-state index >= 15 is 0 Å². The molecule has 0 saturated heterocycles. The zero-order valence-electron chi connectivity index (χ0n) is 7.07. The number of aliphatic hydroxyl groups is 1. The summed E-state index contributed by atoms with van der Waals surface area (Å²) in [6, 6.07) is 0. The largest absolute Gasteiger partial charge is 0.433 e. The molecular weight excluding hydrogens is 164 g/mol. The van der Waals surface area contributed by atoms with E-state index in [1.54, 1.807) is 0 Å². The summed E-state index contributed by atoms with van der Waals surface area (Å²) >= 11 is 0. The minimum Gasteiger partial charge on any atom is -0.433 e. The molecule has 1 atom stereocenters. The van der Waals surface area contributed by atoms with Gasteiger partial charge in [-0.3, -0.25) is 9.59 Å². The number of hydrogen-bond acceptors (Lipinski definition) is 5. The molecule has 0 aromatic carbocycles. The standard InChI is InChI=1S/C7H12O5/c1-5(9)4-11-7(3-8)12-6(2)10/h7-8H,3-4H2,1-2H3. The van der Waals surface area contributed by atoms with Gasteiger partial charge in [-0.05, 0) is 6.92 Å². The molecule has 0 aromatic heterocycles. The second kappa shape index (κ2) is 5.68. The Hall–Kier alpha value is -0.940. The Kier molecular flexibility index (Phi) is 5.23. The molecule has 0 aliphatic rings.